The molecule has 1 unspecified atom stereocenters. The molecule has 1 aliphatic rings. The van der Waals surface area contributed by atoms with E-state index >= 15 is 0 Å². The fraction of sp³-hybridized carbons (Fsp3) is 0.474. The summed E-state index contributed by atoms with van der Waals surface area (Å²) in [4.78, 5) is 17.2. The average Bonchev–Trinajstić information content (AvgIpc) is 2.57. The minimum atomic E-state index is -0.287. The molecule has 0 N–H and O–H groups in total. The van der Waals surface area contributed by atoms with Gasteiger partial charge in [0.05, 0.1) is 24.5 Å². The number of carbonyl (C=O) groups is 1. The van der Waals surface area contributed by atoms with Crippen LogP contribution in [0.1, 0.15) is 46.1 Å². The van der Waals surface area contributed by atoms with Gasteiger partial charge in [-0.3, -0.25) is 0 Å². The van der Waals surface area contributed by atoms with Crippen molar-refractivity contribution in [1.29, 1.82) is 0 Å². The molecule has 0 radical (unpaired) electrons. The monoisotopic (exact) mass is 315 g/mol. The van der Waals surface area contributed by atoms with E-state index in [1.807, 2.05) is 44.2 Å². The number of nitrogens with zero attached hydrogens (tertiary/aromatic N) is 1. The number of ether oxygens (including phenoxy) is 2. The third kappa shape index (κ3) is 3.63. The summed E-state index contributed by atoms with van der Waals surface area (Å²) >= 11 is 0. The van der Waals surface area contributed by atoms with Crippen molar-refractivity contribution < 1.29 is 14.3 Å². The molecule has 0 saturated carbocycles. The van der Waals surface area contributed by atoms with Crippen LogP contribution in [0.3, 0.4) is 0 Å². The van der Waals surface area contributed by atoms with Crippen LogP contribution in [0.25, 0.3) is 5.70 Å². The lowest BCUT2D eigenvalue weighted by Crippen LogP contribution is -2.34. The minimum Gasteiger partial charge on any atom is -0.481 e. The van der Waals surface area contributed by atoms with Crippen LogP contribution in [0, 0.1) is 5.41 Å². The van der Waals surface area contributed by atoms with Crippen LogP contribution in [-0.4, -0.2) is 25.1 Å². The zero-order valence-electron chi connectivity index (χ0n) is 14.4. The van der Waals surface area contributed by atoms with Gasteiger partial charge in [0.1, 0.15) is 0 Å². The van der Waals surface area contributed by atoms with Crippen molar-refractivity contribution in [1.82, 2.24) is 0 Å². The van der Waals surface area contributed by atoms with Crippen LogP contribution in [0.2, 0.25) is 0 Å². The molecule has 0 aliphatic carbocycles. The third-order valence-corrected chi connectivity index (χ3v) is 4.21. The zero-order valence-corrected chi connectivity index (χ0v) is 14.4. The molecule has 124 valence electrons. The maximum Gasteiger partial charge on any atom is 0.336 e. The van der Waals surface area contributed by atoms with Gasteiger partial charge in [0.2, 0.25) is 0 Å². The molecule has 0 amide bonds. The Morgan fingerprint density at radius 1 is 1.17 bits per heavy atom. The van der Waals surface area contributed by atoms with E-state index in [1.165, 1.54) is 0 Å². The number of carbonyl (C=O) groups excluding carboxylic acids is 1. The fourth-order valence-corrected chi connectivity index (χ4v) is 2.69. The zero-order chi connectivity index (χ0) is 16.9. The van der Waals surface area contributed by atoms with Crippen molar-refractivity contribution in [3.8, 4) is 0 Å². The highest BCUT2D eigenvalue weighted by molar-refractivity contribution is 6.03. The topological polar surface area (TPSA) is 47.9 Å². The second-order valence-corrected chi connectivity index (χ2v) is 5.85. The second-order valence-electron chi connectivity index (χ2n) is 5.85. The largest absolute Gasteiger partial charge is 0.481 e. The molecular weight excluding hydrogens is 290 g/mol. The Kier molecular flexibility index (Phi) is 5.59. The normalized spacial score (nSPS) is 21.0. The standard InChI is InChI=1S/C19H25NO3/c1-5-19(4)13-15(17(21)22-6-2)16(20-18(19)23-7-3)14-11-9-8-10-12-14/h8-12H,5-7,13H2,1-4H3. The quantitative estimate of drug-likeness (QED) is 0.764. The van der Waals surface area contributed by atoms with E-state index in [9.17, 15) is 4.79 Å². The Morgan fingerprint density at radius 3 is 2.43 bits per heavy atom. The summed E-state index contributed by atoms with van der Waals surface area (Å²) in [6.07, 6.45) is 1.42. The maximum absolute atomic E-state index is 12.5. The average molecular weight is 315 g/mol. The predicted molar refractivity (Wildman–Crippen MR) is 92.1 cm³/mol. The fourth-order valence-electron chi connectivity index (χ4n) is 2.69. The molecule has 1 aliphatic heterocycles. The Labute approximate surface area is 138 Å². The third-order valence-electron chi connectivity index (χ3n) is 4.21. The molecule has 1 aromatic rings. The molecule has 23 heavy (non-hydrogen) atoms. The summed E-state index contributed by atoms with van der Waals surface area (Å²) in [6, 6.07) is 9.73. The molecule has 4 heteroatoms. The van der Waals surface area contributed by atoms with E-state index in [0.29, 0.717) is 36.8 Å². The van der Waals surface area contributed by atoms with E-state index in [2.05, 4.69) is 13.8 Å². The van der Waals surface area contributed by atoms with Crippen molar-refractivity contribution in [3.63, 3.8) is 0 Å². The van der Waals surface area contributed by atoms with Gasteiger partial charge >= 0.3 is 5.97 Å². The highest BCUT2D eigenvalue weighted by Gasteiger charge is 2.39. The maximum atomic E-state index is 12.5. The van der Waals surface area contributed by atoms with E-state index in [4.69, 9.17) is 14.5 Å². The Balaban J connectivity index is 2.57. The van der Waals surface area contributed by atoms with Gasteiger partial charge in [-0.15, -0.1) is 0 Å². The molecule has 0 bridgehead atoms. The highest BCUT2D eigenvalue weighted by Crippen LogP contribution is 2.41. The van der Waals surface area contributed by atoms with Gasteiger partial charge in [-0.2, -0.15) is 0 Å². The first kappa shape index (κ1) is 17.3. The molecule has 1 aromatic carbocycles. The van der Waals surface area contributed by atoms with Crippen LogP contribution in [0.15, 0.2) is 40.9 Å². The number of hydrogen-bond acceptors (Lipinski definition) is 4. The summed E-state index contributed by atoms with van der Waals surface area (Å²) in [7, 11) is 0. The molecular formula is C19H25NO3. The van der Waals surface area contributed by atoms with Gasteiger partial charge < -0.3 is 9.47 Å². The first-order valence-corrected chi connectivity index (χ1v) is 8.23. The van der Waals surface area contributed by atoms with Crippen molar-refractivity contribution in [2.24, 2.45) is 10.4 Å². The first-order valence-electron chi connectivity index (χ1n) is 8.23. The molecule has 0 saturated heterocycles. The molecule has 4 nitrogen and oxygen atoms in total. The van der Waals surface area contributed by atoms with Crippen LogP contribution < -0.4 is 0 Å². The Morgan fingerprint density at radius 2 is 1.87 bits per heavy atom. The minimum absolute atomic E-state index is 0.281. The van der Waals surface area contributed by atoms with E-state index < -0.39 is 0 Å². The second kappa shape index (κ2) is 7.44. The van der Waals surface area contributed by atoms with Crippen molar-refractivity contribution in [3.05, 3.63) is 41.5 Å². The lowest BCUT2D eigenvalue weighted by molar-refractivity contribution is -0.138. The summed E-state index contributed by atoms with van der Waals surface area (Å²) in [5, 5.41) is 0. The summed E-state index contributed by atoms with van der Waals surface area (Å²) in [5.74, 6) is 0.416. The van der Waals surface area contributed by atoms with Crippen molar-refractivity contribution in [2.45, 2.75) is 40.5 Å². The lowest BCUT2D eigenvalue weighted by Gasteiger charge is -2.34. The molecule has 0 aromatic heterocycles. The molecule has 2 rings (SSSR count). The van der Waals surface area contributed by atoms with Gasteiger partial charge in [-0.25, -0.2) is 9.79 Å². The Bertz CT molecular complexity index is 619. The van der Waals surface area contributed by atoms with Crippen LogP contribution in [0.4, 0.5) is 0 Å². The molecule has 1 atom stereocenters. The Hall–Kier alpha value is -2.10. The molecule has 0 fully saturated rings. The summed E-state index contributed by atoms with van der Waals surface area (Å²) in [5.41, 5.74) is 1.92. The predicted octanol–water partition coefficient (Wildman–Crippen LogP) is 4.22. The number of rotatable bonds is 5. The van der Waals surface area contributed by atoms with E-state index in [0.717, 1.165) is 12.0 Å². The summed E-state index contributed by atoms with van der Waals surface area (Å²) < 4.78 is 11.1. The number of hydrogen-bond donors (Lipinski definition) is 0. The highest BCUT2D eigenvalue weighted by atomic mass is 16.5. The SMILES string of the molecule is CCOC(=O)C1=C(c2ccccc2)N=C(OCC)C(C)(CC)C1. The lowest BCUT2D eigenvalue weighted by atomic mass is 9.77. The first-order chi connectivity index (χ1) is 11.1. The van der Waals surface area contributed by atoms with E-state index in [-0.39, 0.29) is 11.4 Å². The number of aliphatic imine (C=N–C) groups is 1. The van der Waals surface area contributed by atoms with Gasteiger partial charge in [-0.05, 0) is 26.7 Å². The number of benzene rings is 1. The van der Waals surface area contributed by atoms with Gasteiger partial charge in [0, 0.05) is 11.0 Å². The van der Waals surface area contributed by atoms with Gasteiger partial charge in [0.25, 0.3) is 0 Å². The van der Waals surface area contributed by atoms with Crippen LogP contribution >= 0.6 is 0 Å². The van der Waals surface area contributed by atoms with Gasteiger partial charge in [0.15, 0.2) is 5.90 Å². The van der Waals surface area contributed by atoms with E-state index in [1.54, 1.807) is 0 Å². The smallest absolute Gasteiger partial charge is 0.336 e. The van der Waals surface area contributed by atoms with Crippen molar-refractivity contribution >= 4 is 17.6 Å². The van der Waals surface area contributed by atoms with Crippen LogP contribution in [-0.2, 0) is 14.3 Å². The van der Waals surface area contributed by atoms with Gasteiger partial charge in [-0.1, -0.05) is 44.2 Å². The summed E-state index contributed by atoms with van der Waals surface area (Å²) in [6.45, 7) is 8.86. The van der Waals surface area contributed by atoms with Crippen molar-refractivity contribution in [2.75, 3.05) is 13.2 Å². The molecule has 0 spiro atoms. The van der Waals surface area contributed by atoms with Crippen LogP contribution in [0.5, 0.6) is 0 Å². The molecule has 1 heterocycles. The number of esters is 1.